The van der Waals surface area contributed by atoms with Crippen LogP contribution in [0, 0.1) is 5.41 Å². The van der Waals surface area contributed by atoms with Crippen LogP contribution in [0.5, 0.6) is 0 Å². The van der Waals surface area contributed by atoms with Gasteiger partial charge in [0.15, 0.2) is 0 Å². The highest BCUT2D eigenvalue weighted by atomic mass is 79.9. The van der Waals surface area contributed by atoms with Crippen molar-refractivity contribution in [3.05, 3.63) is 0 Å². The minimum Gasteiger partial charge on any atom is -0.385 e. The van der Waals surface area contributed by atoms with Crippen molar-refractivity contribution in [2.24, 2.45) is 5.41 Å². The maximum Gasteiger partial charge on any atom is 0.0467 e. The van der Waals surface area contributed by atoms with E-state index in [0.717, 1.165) is 11.9 Å². The zero-order valence-corrected chi connectivity index (χ0v) is 8.82. The van der Waals surface area contributed by atoms with Crippen molar-refractivity contribution < 1.29 is 4.74 Å². The van der Waals surface area contributed by atoms with Crippen molar-refractivity contribution in [2.75, 3.05) is 19.0 Å². The lowest BCUT2D eigenvalue weighted by Gasteiger charge is -2.25. The molecule has 2 heteroatoms. The minimum atomic E-state index is 0.579. The first-order valence-electron chi connectivity index (χ1n) is 4.38. The van der Waals surface area contributed by atoms with Crippen LogP contribution in [0.15, 0.2) is 0 Å². The molecular formula is C9H17BrO. The predicted molar refractivity (Wildman–Crippen MR) is 51.2 cm³/mol. The van der Waals surface area contributed by atoms with Crippen LogP contribution in [0.3, 0.4) is 0 Å². The molecule has 0 bridgehead atoms. The Balaban J connectivity index is 2.33. The van der Waals surface area contributed by atoms with Crippen LogP contribution in [-0.4, -0.2) is 19.0 Å². The summed E-state index contributed by atoms with van der Waals surface area (Å²) >= 11 is 3.61. The second kappa shape index (κ2) is 4.46. The van der Waals surface area contributed by atoms with E-state index in [2.05, 4.69) is 15.9 Å². The van der Waals surface area contributed by atoms with E-state index in [1.165, 1.54) is 32.1 Å². The molecule has 0 heterocycles. The first-order chi connectivity index (χ1) is 5.33. The first kappa shape index (κ1) is 9.53. The molecular weight excluding hydrogens is 204 g/mol. The molecule has 0 radical (unpaired) electrons. The zero-order valence-electron chi connectivity index (χ0n) is 7.24. The van der Waals surface area contributed by atoms with Crippen LogP contribution < -0.4 is 0 Å². The fraction of sp³-hybridized carbons (Fsp3) is 1.00. The highest BCUT2D eigenvalue weighted by molar-refractivity contribution is 9.09. The number of hydrogen-bond donors (Lipinski definition) is 0. The Hall–Kier alpha value is 0.440. The summed E-state index contributed by atoms with van der Waals surface area (Å²) in [5.74, 6) is 0. The molecule has 0 atom stereocenters. The van der Waals surface area contributed by atoms with Crippen molar-refractivity contribution in [2.45, 2.75) is 32.1 Å². The molecule has 1 rings (SSSR count). The average Bonchev–Trinajstić information content (AvgIpc) is 2.50. The smallest absolute Gasteiger partial charge is 0.0467 e. The Morgan fingerprint density at radius 2 is 2.00 bits per heavy atom. The molecule has 1 aliphatic carbocycles. The summed E-state index contributed by atoms with van der Waals surface area (Å²) in [4.78, 5) is 0. The van der Waals surface area contributed by atoms with Crippen molar-refractivity contribution in [1.82, 2.24) is 0 Å². The van der Waals surface area contributed by atoms with Crippen molar-refractivity contribution in [3.63, 3.8) is 0 Å². The summed E-state index contributed by atoms with van der Waals surface area (Å²) in [7, 11) is 1.79. The molecule has 1 nitrogen and oxygen atoms in total. The fourth-order valence-corrected chi connectivity index (χ4v) is 2.74. The molecule has 11 heavy (non-hydrogen) atoms. The number of methoxy groups -OCH3 is 1. The predicted octanol–water partition coefficient (Wildman–Crippen LogP) is 2.98. The molecule has 0 aromatic carbocycles. The zero-order chi connectivity index (χ0) is 8.16. The van der Waals surface area contributed by atoms with Crippen molar-refractivity contribution in [1.29, 1.82) is 0 Å². The van der Waals surface area contributed by atoms with Crippen LogP contribution in [0.2, 0.25) is 0 Å². The van der Waals surface area contributed by atoms with Gasteiger partial charge in [0.1, 0.15) is 0 Å². The number of hydrogen-bond acceptors (Lipinski definition) is 1. The number of rotatable bonds is 4. The highest BCUT2D eigenvalue weighted by Gasteiger charge is 2.31. The third kappa shape index (κ3) is 2.45. The average molecular weight is 221 g/mol. The second-order valence-corrected chi connectivity index (χ2v) is 4.14. The van der Waals surface area contributed by atoms with Gasteiger partial charge in [0.2, 0.25) is 0 Å². The van der Waals surface area contributed by atoms with Gasteiger partial charge >= 0.3 is 0 Å². The topological polar surface area (TPSA) is 9.23 Å². The van der Waals surface area contributed by atoms with E-state index in [-0.39, 0.29) is 0 Å². The lowest BCUT2D eigenvalue weighted by atomic mass is 9.85. The molecule has 66 valence electrons. The number of alkyl halides is 1. The Morgan fingerprint density at radius 1 is 1.36 bits per heavy atom. The molecule has 0 unspecified atom stereocenters. The van der Waals surface area contributed by atoms with Crippen molar-refractivity contribution in [3.8, 4) is 0 Å². The molecule has 0 N–H and O–H groups in total. The van der Waals surface area contributed by atoms with Gasteiger partial charge in [0.25, 0.3) is 0 Å². The monoisotopic (exact) mass is 220 g/mol. The number of ether oxygens (including phenoxy) is 1. The number of halogens is 1. The van der Waals surface area contributed by atoms with Gasteiger partial charge in [-0.3, -0.25) is 0 Å². The van der Waals surface area contributed by atoms with Crippen LogP contribution in [0.4, 0.5) is 0 Å². The lowest BCUT2D eigenvalue weighted by Crippen LogP contribution is -2.20. The van der Waals surface area contributed by atoms with Crippen LogP contribution in [-0.2, 0) is 4.74 Å². The molecule has 0 aromatic heterocycles. The highest BCUT2D eigenvalue weighted by Crippen LogP contribution is 2.42. The molecule has 0 aromatic rings. The van der Waals surface area contributed by atoms with E-state index >= 15 is 0 Å². The quantitative estimate of drug-likeness (QED) is 0.663. The van der Waals surface area contributed by atoms with E-state index in [4.69, 9.17) is 4.74 Å². The summed E-state index contributed by atoms with van der Waals surface area (Å²) in [6.45, 7) is 0.922. The minimum absolute atomic E-state index is 0.579. The van der Waals surface area contributed by atoms with E-state index in [9.17, 15) is 0 Å². The lowest BCUT2D eigenvalue weighted by molar-refractivity contribution is 0.149. The van der Waals surface area contributed by atoms with Crippen LogP contribution in [0.25, 0.3) is 0 Å². The summed E-state index contributed by atoms with van der Waals surface area (Å²) < 4.78 is 5.11. The van der Waals surface area contributed by atoms with E-state index < -0.39 is 0 Å². The van der Waals surface area contributed by atoms with Crippen LogP contribution in [0.1, 0.15) is 32.1 Å². The summed E-state index contributed by atoms with van der Waals surface area (Å²) in [6, 6.07) is 0. The van der Waals surface area contributed by atoms with Crippen molar-refractivity contribution >= 4 is 15.9 Å². The Bertz CT molecular complexity index is 108. The van der Waals surface area contributed by atoms with Gasteiger partial charge in [0, 0.05) is 19.0 Å². The molecule has 1 fully saturated rings. The van der Waals surface area contributed by atoms with Crippen LogP contribution >= 0.6 is 15.9 Å². The third-order valence-corrected chi connectivity index (χ3v) is 3.97. The molecule has 0 amide bonds. The van der Waals surface area contributed by atoms with Gasteiger partial charge in [-0.05, 0) is 24.7 Å². The van der Waals surface area contributed by atoms with E-state index in [1.807, 2.05) is 0 Å². The SMILES string of the molecule is COCCC1(CBr)CCCC1. The second-order valence-electron chi connectivity index (χ2n) is 3.58. The largest absolute Gasteiger partial charge is 0.385 e. The van der Waals surface area contributed by atoms with Gasteiger partial charge in [-0.15, -0.1) is 0 Å². The van der Waals surface area contributed by atoms with Gasteiger partial charge < -0.3 is 4.74 Å². The molecule has 0 aliphatic heterocycles. The summed E-state index contributed by atoms with van der Waals surface area (Å²) in [6.07, 6.45) is 6.84. The first-order valence-corrected chi connectivity index (χ1v) is 5.50. The molecule has 0 saturated heterocycles. The van der Waals surface area contributed by atoms with E-state index in [0.29, 0.717) is 5.41 Å². The maximum absolute atomic E-state index is 5.11. The van der Waals surface area contributed by atoms with Gasteiger partial charge in [-0.2, -0.15) is 0 Å². The standard InChI is InChI=1S/C9H17BrO/c1-11-7-6-9(8-10)4-2-3-5-9/h2-8H2,1H3. The molecule has 1 aliphatic rings. The molecule has 1 saturated carbocycles. The summed E-state index contributed by atoms with van der Waals surface area (Å²) in [5.41, 5.74) is 0.579. The van der Waals surface area contributed by atoms with Gasteiger partial charge in [-0.1, -0.05) is 28.8 Å². The molecule has 0 spiro atoms. The normalized spacial score (nSPS) is 22.4. The van der Waals surface area contributed by atoms with Gasteiger partial charge in [-0.25, -0.2) is 0 Å². The Labute approximate surface area is 77.6 Å². The third-order valence-electron chi connectivity index (χ3n) is 2.78. The summed E-state index contributed by atoms with van der Waals surface area (Å²) in [5, 5.41) is 1.16. The van der Waals surface area contributed by atoms with E-state index in [1.54, 1.807) is 7.11 Å². The Kier molecular flexibility index (Phi) is 3.86. The fourth-order valence-electron chi connectivity index (χ4n) is 1.89. The van der Waals surface area contributed by atoms with Gasteiger partial charge in [0.05, 0.1) is 0 Å². The Morgan fingerprint density at radius 3 is 2.45 bits per heavy atom. The maximum atomic E-state index is 5.11.